The number of carbonyl (C=O) groups excluding carboxylic acids is 8. The monoisotopic (exact) mass is 1040 g/mol. The summed E-state index contributed by atoms with van der Waals surface area (Å²) in [5.41, 5.74) is 0. The number of esters is 1. The van der Waals surface area contributed by atoms with Crippen LogP contribution in [0, 0.1) is 35.5 Å². The van der Waals surface area contributed by atoms with E-state index in [0.29, 0.717) is 18.8 Å². The highest BCUT2D eigenvalue weighted by Crippen LogP contribution is 2.20. The van der Waals surface area contributed by atoms with Crippen LogP contribution in [0.25, 0.3) is 0 Å². The van der Waals surface area contributed by atoms with E-state index >= 15 is 0 Å². The van der Waals surface area contributed by atoms with Gasteiger partial charge >= 0.3 is 17.9 Å². The standard InChI is InChI=1S/C53H93N7O13/c1-13-35(12)46-53(72)73-36(22-20-18-16-14-15-17-19-21-30(2)3)28-42(61)54-37(23-24-43(62)63)47(66)55-38(25-31(4)5)48(67)56-39(26-32(6)7)50(69)59-45(34(10)11)52(71)58-41(29-44(64)65)49(68)57-40(27-33(8)9)51(70)60-46/h30-41,45-46H,13-29H2,1-12H3,(H,54,61)(H,55,66)(H,56,67)(H,57,68)(H,58,71)(H,59,69)(H,60,70)(H,62,63)(H,64,65)/t35-,36+,37-,38-,39+,40+,41-,45-,46-/m0/s1. The van der Waals surface area contributed by atoms with Gasteiger partial charge in [0, 0.05) is 6.42 Å². The number of aliphatic carboxylic acids is 2. The Labute approximate surface area is 434 Å². The molecule has 0 aromatic rings. The number of carboxylic acid groups (broad SMARTS) is 2. The van der Waals surface area contributed by atoms with Gasteiger partial charge in [0.2, 0.25) is 41.4 Å². The van der Waals surface area contributed by atoms with Crippen molar-refractivity contribution in [1.82, 2.24) is 37.2 Å². The van der Waals surface area contributed by atoms with Crippen molar-refractivity contribution < 1.29 is 62.9 Å². The van der Waals surface area contributed by atoms with Crippen molar-refractivity contribution in [2.24, 2.45) is 35.5 Å². The molecule has 1 saturated heterocycles. The molecule has 0 aromatic heterocycles. The van der Waals surface area contributed by atoms with Crippen LogP contribution in [0.15, 0.2) is 0 Å². The van der Waals surface area contributed by atoms with Gasteiger partial charge in [0.1, 0.15) is 48.4 Å². The summed E-state index contributed by atoms with van der Waals surface area (Å²) in [6.07, 6.45) is 5.31. The molecule has 0 saturated carbocycles. The van der Waals surface area contributed by atoms with Crippen LogP contribution in [0.2, 0.25) is 0 Å². The molecule has 7 amide bonds. The third kappa shape index (κ3) is 27.0. The van der Waals surface area contributed by atoms with Gasteiger partial charge in [-0.15, -0.1) is 0 Å². The lowest BCUT2D eigenvalue weighted by Crippen LogP contribution is -2.61. The Morgan fingerprint density at radius 3 is 1.36 bits per heavy atom. The van der Waals surface area contributed by atoms with E-state index in [1.807, 2.05) is 0 Å². The summed E-state index contributed by atoms with van der Waals surface area (Å²) in [6.45, 7) is 21.9. The molecule has 0 bridgehead atoms. The second-order valence-corrected chi connectivity index (χ2v) is 22.1. The highest BCUT2D eigenvalue weighted by Gasteiger charge is 2.38. The molecule has 1 aliphatic rings. The third-order valence-electron chi connectivity index (χ3n) is 12.8. The molecule has 418 valence electrons. The molecular weight excluding hydrogens is 943 g/mol. The van der Waals surface area contributed by atoms with Gasteiger partial charge in [-0.3, -0.25) is 43.2 Å². The summed E-state index contributed by atoms with van der Waals surface area (Å²) < 4.78 is 6.06. The van der Waals surface area contributed by atoms with E-state index < -0.39 is 139 Å². The summed E-state index contributed by atoms with van der Waals surface area (Å²) in [5, 5.41) is 37.9. The molecule has 20 heteroatoms. The van der Waals surface area contributed by atoms with Crippen LogP contribution in [0.5, 0.6) is 0 Å². The summed E-state index contributed by atoms with van der Waals surface area (Å²) in [7, 11) is 0. The van der Waals surface area contributed by atoms with Gasteiger partial charge in [0.25, 0.3) is 0 Å². The summed E-state index contributed by atoms with van der Waals surface area (Å²) in [5.74, 6) is -10.5. The minimum Gasteiger partial charge on any atom is -0.481 e. The quantitative estimate of drug-likeness (QED) is 0.0453. The maximum Gasteiger partial charge on any atom is 0.329 e. The zero-order valence-electron chi connectivity index (χ0n) is 46.0. The predicted octanol–water partition coefficient (Wildman–Crippen LogP) is 5.04. The van der Waals surface area contributed by atoms with E-state index in [1.165, 1.54) is 0 Å². The number of amides is 7. The molecule has 1 fully saturated rings. The normalized spacial score (nSPS) is 24.4. The number of unbranched alkanes of at least 4 members (excludes halogenated alkanes) is 6. The van der Waals surface area contributed by atoms with Crippen molar-refractivity contribution in [3.8, 4) is 0 Å². The summed E-state index contributed by atoms with van der Waals surface area (Å²) in [6, 6.07) is -9.66. The van der Waals surface area contributed by atoms with E-state index in [4.69, 9.17) is 4.74 Å². The number of hydrogen-bond acceptors (Lipinski definition) is 11. The first-order valence-corrected chi connectivity index (χ1v) is 26.9. The summed E-state index contributed by atoms with van der Waals surface area (Å²) in [4.78, 5) is 137. The number of carbonyl (C=O) groups is 10. The highest BCUT2D eigenvalue weighted by atomic mass is 16.5. The topological polar surface area (TPSA) is 305 Å². The lowest BCUT2D eigenvalue weighted by molar-refractivity contribution is -0.156. The van der Waals surface area contributed by atoms with Crippen LogP contribution in [0.1, 0.15) is 192 Å². The lowest BCUT2D eigenvalue weighted by Gasteiger charge is -2.30. The lowest BCUT2D eigenvalue weighted by atomic mass is 9.97. The van der Waals surface area contributed by atoms with Gasteiger partial charge in [0.05, 0.1) is 12.8 Å². The van der Waals surface area contributed by atoms with Crippen LogP contribution in [-0.4, -0.2) is 118 Å². The fourth-order valence-corrected chi connectivity index (χ4v) is 8.53. The molecule has 73 heavy (non-hydrogen) atoms. The predicted molar refractivity (Wildman–Crippen MR) is 276 cm³/mol. The van der Waals surface area contributed by atoms with E-state index in [0.717, 1.165) is 44.9 Å². The second kappa shape index (κ2) is 34.2. The van der Waals surface area contributed by atoms with Crippen molar-refractivity contribution >= 4 is 59.3 Å². The van der Waals surface area contributed by atoms with Crippen LogP contribution in [0.3, 0.4) is 0 Å². The van der Waals surface area contributed by atoms with Crippen LogP contribution in [-0.2, 0) is 52.7 Å². The summed E-state index contributed by atoms with van der Waals surface area (Å²) >= 11 is 0. The number of cyclic esters (lactones) is 1. The van der Waals surface area contributed by atoms with Crippen molar-refractivity contribution in [3.05, 3.63) is 0 Å². The molecule has 0 aromatic carbocycles. The first-order valence-electron chi connectivity index (χ1n) is 26.9. The molecular formula is C53H93N7O13. The first-order chi connectivity index (χ1) is 34.1. The Bertz CT molecular complexity index is 1810. The van der Waals surface area contributed by atoms with Gasteiger partial charge in [-0.1, -0.05) is 134 Å². The molecule has 9 atom stereocenters. The van der Waals surface area contributed by atoms with E-state index in [9.17, 15) is 58.2 Å². The fraction of sp³-hybridized carbons (Fsp3) is 0.811. The Hall–Kier alpha value is -5.30. The third-order valence-corrected chi connectivity index (χ3v) is 12.8. The van der Waals surface area contributed by atoms with Crippen molar-refractivity contribution in [1.29, 1.82) is 0 Å². The molecule has 0 unspecified atom stereocenters. The molecule has 1 aliphatic heterocycles. The molecule has 20 nitrogen and oxygen atoms in total. The Morgan fingerprint density at radius 2 is 0.918 bits per heavy atom. The van der Waals surface area contributed by atoms with Crippen LogP contribution in [0.4, 0.5) is 0 Å². The number of hydrogen-bond donors (Lipinski definition) is 9. The first kappa shape index (κ1) is 65.7. The van der Waals surface area contributed by atoms with Crippen LogP contribution < -0.4 is 37.2 Å². The van der Waals surface area contributed by atoms with E-state index in [2.05, 4.69) is 51.1 Å². The molecule has 1 heterocycles. The van der Waals surface area contributed by atoms with Gasteiger partial charge in [-0.05, 0) is 74.0 Å². The van der Waals surface area contributed by atoms with Crippen molar-refractivity contribution in [2.45, 2.75) is 241 Å². The largest absolute Gasteiger partial charge is 0.481 e. The SMILES string of the molecule is CC[C@H](C)[C@@H]1NC(=O)[C@@H](CC(C)C)NC(=O)[C@H](CC(=O)O)NC(=O)[C@H](C(C)C)NC(=O)[C@@H](CC(C)C)NC(=O)[C@H](CC(C)C)NC(=O)[C@H](CCC(=O)O)NC(=O)C[C@@H](CCCCCCCCCC(C)C)OC1=O. The molecule has 0 aliphatic carbocycles. The van der Waals surface area contributed by atoms with Gasteiger partial charge in [0.15, 0.2) is 0 Å². The average Bonchev–Trinajstić information content (AvgIpc) is 3.27. The highest BCUT2D eigenvalue weighted by molar-refractivity contribution is 5.98. The Morgan fingerprint density at radius 1 is 0.493 bits per heavy atom. The fourth-order valence-electron chi connectivity index (χ4n) is 8.53. The van der Waals surface area contributed by atoms with Crippen LogP contribution >= 0.6 is 0 Å². The van der Waals surface area contributed by atoms with E-state index in [1.54, 1.807) is 69.2 Å². The number of nitrogens with one attached hydrogen (secondary N) is 7. The van der Waals surface area contributed by atoms with Crippen molar-refractivity contribution in [2.75, 3.05) is 0 Å². The smallest absolute Gasteiger partial charge is 0.329 e. The minimum absolute atomic E-state index is 0.0381. The molecule has 0 radical (unpaired) electrons. The van der Waals surface area contributed by atoms with E-state index in [-0.39, 0.29) is 49.9 Å². The maximum atomic E-state index is 14.3. The van der Waals surface area contributed by atoms with Gasteiger partial charge < -0.3 is 52.2 Å². The molecule has 9 N–H and O–H groups in total. The number of ether oxygens (including phenoxy) is 1. The van der Waals surface area contributed by atoms with Gasteiger partial charge in [-0.2, -0.15) is 0 Å². The maximum absolute atomic E-state index is 14.3. The molecule has 1 rings (SSSR count). The minimum atomic E-state index is -1.72. The average molecular weight is 1040 g/mol. The number of rotatable bonds is 24. The molecule has 0 spiro atoms. The Balaban J connectivity index is 3.96. The van der Waals surface area contributed by atoms with Gasteiger partial charge in [-0.25, -0.2) is 4.79 Å². The zero-order valence-corrected chi connectivity index (χ0v) is 46.0. The number of carboxylic acids is 2. The van der Waals surface area contributed by atoms with Crippen molar-refractivity contribution in [3.63, 3.8) is 0 Å². The zero-order chi connectivity index (χ0) is 55.5. The Kier molecular flexibility index (Phi) is 30.8. The second-order valence-electron chi connectivity index (χ2n) is 22.1.